The van der Waals surface area contributed by atoms with Crippen molar-refractivity contribution in [3.05, 3.63) is 36.0 Å². The Hall–Kier alpha value is -1.61. The predicted octanol–water partition coefficient (Wildman–Crippen LogP) is 2.36. The van der Waals surface area contributed by atoms with Crippen LogP contribution >= 0.6 is 0 Å². The molecule has 3 nitrogen and oxygen atoms in total. The van der Waals surface area contributed by atoms with E-state index in [0.29, 0.717) is 5.78 Å². The van der Waals surface area contributed by atoms with Crippen molar-refractivity contribution in [1.82, 2.24) is 9.88 Å². The van der Waals surface area contributed by atoms with Gasteiger partial charge in [-0.05, 0) is 25.5 Å². The summed E-state index contributed by atoms with van der Waals surface area (Å²) in [5, 5.41) is 4.39. The molecule has 1 aliphatic heterocycles. The van der Waals surface area contributed by atoms with Crippen molar-refractivity contribution in [2.75, 3.05) is 13.1 Å². The first-order valence-corrected chi connectivity index (χ1v) is 6.56. The number of hydrogen-bond acceptors (Lipinski definition) is 2. The fourth-order valence-electron chi connectivity index (χ4n) is 2.83. The Balaban J connectivity index is 2.00. The van der Waals surface area contributed by atoms with Gasteiger partial charge in [0.25, 0.3) is 0 Å². The zero-order valence-electron chi connectivity index (χ0n) is 10.6. The van der Waals surface area contributed by atoms with Crippen LogP contribution in [-0.2, 0) is 7.05 Å². The Morgan fingerprint density at radius 2 is 2.22 bits per heavy atom. The number of aromatic nitrogens is 1. The summed E-state index contributed by atoms with van der Waals surface area (Å²) in [6, 6.07) is 8.11. The highest BCUT2D eigenvalue weighted by Gasteiger charge is 2.24. The normalized spacial score (nSPS) is 20.2. The summed E-state index contributed by atoms with van der Waals surface area (Å²) in [6.45, 7) is 1.86. The van der Waals surface area contributed by atoms with Crippen molar-refractivity contribution in [2.24, 2.45) is 13.0 Å². The number of rotatable bonds is 2. The van der Waals surface area contributed by atoms with Crippen LogP contribution in [0.25, 0.3) is 10.9 Å². The highest BCUT2D eigenvalue weighted by molar-refractivity contribution is 6.09. The molecule has 0 aliphatic carbocycles. The van der Waals surface area contributed by atoms with Crippen molar-refractivity contribution in [2.45, 2.75) is 12.8 Å². The maximum Gasteiger partial charge on any atom is 0.169 e. The van der Waals surface area contributed by atoms with E-state index in [9.17, 15) is 4.79 Å². The molecular weight excluding hydrogens is 224 g/mol. The summed E-state index contributed by atoms with van der Waals surface area (Å²) in [5.41, 5.74) is 2.01. The number of aryl methyl sites for hydroxylation is 1. The maximum atomic E-state index is 12.6. The van der Waals surface area contributed by atoms with Gasteiger partial charge in [0.05, 0.1) is 0 Å². The van der Waals surface area contributed by atoms with E-state index in [1.54, 1.807) is 0 Å². The van der Waals surface area contributed by atoms with E-state index < -0.39 is 0 Å². The number of piperidine rings is 1. The highest BCUT2D eigenvalue weighted by Crippen LogP contribution is 2.25. The van der Waals surface area contributed by atoms with Crippen LogP contribution in [0.1, 0.15) is 23.2 Å². The molecule has 2 heterocycles. The fraction of sp³-hybridized carbons (Fsp3) is 0.400. The molecule has 94 valence electrons. The van der Waals surface area contributed by atoms with Crippen LogP contribution in [0.3, 0.4) is 0 Å². The van der Waals surface area contributed by atoms with Gasteiger partial charge in [-0.1, -0.05) is 18.2 Å². The van der Waals surface area contributed by atoms with Crippen LogP contribution in [0.4, 0.5) is 0 Å². The lowest BCUT2D eigenvalue weighted by Crippen LogP contribution is -2.34. The van der Waals surface area contributed by atoms with Gasteiger partial charge < -0.3 is 9.88 Å². The number of nitrogens with zero attached hydrogens (tertiary/aromatic N) is 1. The first-order valence-electron chi connectivity index (χ1n) is 6.56. The SMILES string of the molecule is Cn1cc(C(=O)C2CCCNC2)c2ccccc21. The largest absolute Gasteiger partial charge is 0.350 e. The van der Waals surface area contributed by atoms with Crippen LogP contribution in [0, 0.1) is 5.92 Å². The summed E-state index contributed by atoms with van der Waals surface area (Å²) < 4.78 is 2.04. The molecule has 1 atom stereocenters. The molecule has 1 unspecified atom stereocenters. The maximum absolute atomic E-state index is 12.6. The van der Waals surface area contributed by atoms with Crippen molar-refractivity contribution < 1.29 is 4.79 Å². The minimum atomic E-state index is 0.143. The number of nitrogens with one attached hydrogen (secondary N) is 1. The predicted molar refractivity (Wildman–Crippen MR) is 72.8 cm³/mol. The average Bonchev–Trinajstić information content (AvgIpc) is 2.77. The Kier molecular flexibility index (Phi) is 2.92. The number of carbonyl (C=O) groups excluding carboxylic acids is 1. The molecule has 0 radical (unpaired) electrons. The molecule has 1 aromatic carbocycles. The van der Waals surface area contributed by atoms with E-state index in [1.165, 1.54) is 0 Å². The van der Waals surface area contributed by atoms with Gasteiger partial charge in [-0.2, -0.15) is 0 Å². The van der Waals surface area contributed by atoms with Crippen LogP contribution in [0.15, 0.2) is 30.5 Å². The van der Waals surface area contributed by atoms with Crippen LogP contribution in [-0.4, -0.2) is 23.4 Å². The summed E-state index contributed by atoms with van der Waals surface area (Å²) in [5.74, 6) is 0.434. The standard InChI is InChI=1S/C15H18N2O/c1-17-10-13(12-6-2-3-7-14(12)17)15(18)11-5-4-8-16-9-11/h2-3,6-7,10-11,16H,4-5,8-9H2,1H3. The Bertz CT molecular complexity index is 579. The summed E-state index contributed by atoms with van der Waals surface area (Å²) in [6.07, 6.45) is 4.08. The molecule has 0 saturated carbocycles. The molecule has 3 heteroatoms. The number of para-hydroxylation sites is 1. The monoisotopic (exact) mass is 242 g/mol. The van der Waals surface area contributed by atoms with Crippen molar-refractivity contribution >= 4 is 16.7 Å². The van der Waals surface area contributed by atoms with Crippen molar-refractivity contribution in [3.63, 3.8) is 0 Å². The topological polar surface area (TPSA) is 34.0 Å². The Labute approximate surface area is 107 Å². The van der Waals surface area contributed by atoms with Gasteiger partial charge in [0, 0.05) is 42.2 Å². The molecule has 0 bridgehead atoms. The third kappa shape index (κ3) is 1.85. The van der Waals surface area contributed by atoms with Gasteiger partial charge in [-0.25, -0.2) is 0 Å². The third-order valence-electron chi connectivity index (χ3n) is 3.83. The van der Waals surface area contributed by atoms with E-state index in [0.717, 1.165) is 42.4 Å². The molecular formula is C15H18N2O. The minimum Gasteiger partial charge on any atom is -0.350 e. The van der Waals surface area contributed by atoms with Crippen LogP contribution in [0.2, 0.25) is 0 Å². The van der Waals surface area contributed by atoms with Gasteiger partial charge in [0.15, 0.2) is 5.78 Å². The van der Waals surface area contributed by atoms with Crippen molar-refractivity contribution in [1.29, 1.82) is 0 Å². The molecule has 0 spiro atoms. The van der Waals surface area contributed by atoms with E-state index >= 15 is 0 Å². The second kappa shape index (κ2) is 4.58. The number of benzene rings is 1. The van der Waals surface area contributed by atoms with Crippen LogP contribution in [0.5, 0.6) is 0 Å². The number of ketones is 1. The number of fused-ring (bicyclic) bond motifs is 1. The summed E-state index contributed by atoms with van der Waals surface area (Å²) in [7, 11) is 2.00. The lowest BCUT2D eigenvalue weighted by atomic mass is 9.91. The van der Waals surface area contributed by atoms with E-state index in [4.69, 9.17) is 0 Å². The zero-order valence-corrected chi connectivity index (χ0v) is 10.6. The lowest BCUT2D eigenvalue weighted by Gasteiger charge is -2.21. The molecule has 2 aromatic rings. The van der Waals surface area contributed by atoms with Gasteiger partial charge in [0.1, 0.15) is 0 Å². The molecule has 1 aromatic heterocycles. The fourth-order valence-corrected chi connectivity index (χ4v) is 2.83. The molecule has 1 saturated heterocycles. The molecule has 0 amide bonds. The van der Waals surface area contributed by atoms with Gasteiger partial charge >= 0.3 is 0 Å². The number of hydrogen-bond donors (Lipinski definition) is 1. The summed E-state index contributed by atoms with van der Waals surface area (Å²) in [4.78, 5) is 12.6. The Morgan fingerprint density at radius 3 is 3.00 bits per heavy atom. The Morgan fingerprint density at radius 1 is 1.39 bits per heavy atom. The van der Waals surface area contributed by atoms with Crippen LogP contribution < -0.4 is 5.32 Å². The van der Waals surface area contributed by atoms with Gasteiger partial charge in [-0.3, -0.25) is 4.79 Å². The molecule has 1 fully saturated rings. The zero-order chi connectivity index (χ0) is 12.5. The van der Waals surface area contributed by atoms with Gasteiger partial charge in [0.2, 0.25) is 0 Å². The smallest absolute Gasteiger partial charge is 0.169 e. The highest BCUT2D eigenvalue weighted by atomic mass is 16.1. The number of carbonyl (C=O) groups is 1. The average molecular weight is 242 g/mol. The second-order valence-corrected chi connectivity index (χ2v) is 5.08. The van der Waals surface area contributed by atoms with E-state index in [2.05, 4.69) is 11.4 Å². The third-order valence-corrected chi connectivity index (χ3v) is 3.83. The first-order chi connectivity index (χ1) is 8.77. The van der Waals surface area contributed by atoms with Crippen molar-refractivity contribution in [3.8, 4) is 0 Å². The quantitative estimate of drug-likeness (QED) is 0.820. The number of Topliss-reactive ketones (excluding diaryl/α,β-unsaturated/α-hetero) is 1. The van der Waals surface area contributed by atoms with E-state index in [-0.39, 0.29) is 5.92 Å². The summed E-state index contributed by atoms with van der Waals surface area (Å²) >= 11 is 0. The molecule has 3 rings (SSSR count). The van der Waals surface area contributed by atoms with E-state index in [1.807, 2.05) is 36.0 Å². The molecule has 1 aliphatic rings. The minimum absolute atomic E-state index is 0.143. The molecule has 18 heavy (non-hydrogen) atoms. The molecule has 1 N–H and O–H groups in total. The lowest BCUT2D eigenvalue weighted by molar-refractivity contribution is 0.0901. The van der Waals surface area contributed by atoms with Gasteiger partial charge in [-0.15, -0.1) is 0 Å². The second-order valence-electron chi connectivity index (χ2n) is 5.08. The first kappa shape index (κ1) is 11.5.